The third-order valence-corrected chi connectivity index (χ3v) is 1.54. The van der Waals surface area contributed by atoms with Crippen molar-refractivity contribution >= 4 is 10.2 Å². The summed E-state index contributed by atoms with van der Waals surface area (Å²) >= 11 is 0. The molecule has 0 heterocycles. The van der Waals surface area contributed by atoms with Crippen molar-refractivity contribution in [1.82, 2.24) is 0 Å². The van der Waals surface area contributed by atoms with Gasteiger partial charge in [-0.15, -0.1) is 10.5 Å². The molecule has 0 fully saturated rings. The van der Waals surface area contributed by atoms with E-state index in [-0.39, 0.29) is 0 Å². The second-order valence-corrected chi connectivity index (χ2v) is 2.81. The second kappa shape index (κ2) is 2.26. The van der Waals surface area contributed by atoms with Crippen molar-refractivity contribution in [2.75, 3.05) is 0 Å². The van der Waals surface area contributed by atoms with E-state index in [1.54, 1.807) is 0 Å². The molecule has 0 spiro atoms. The molecule has 0 aromatic rings. The highest BCUT2D eigenvalue weighted by molar-refractivity contribution is 7.87. The molecule has 1 unspecified atom stereocenters. The fourth-order valence-electron chi connectivity index (χ4n) is 0.115. The summed E-state index contributed by atoms with van der Waals surface area (Å²) in [5.41, 5.74) is 0. The third-order valence-electron chi connectivity index (χ3n) is 0.625. The monoisotopic (exact) mass is 137 g/mol. The van der Waals surface area contributed by atoms with Gasteiger partial charge in [-0.2, -0.15) is 8.42 Å². The van der Waals surface area contributed by atoms with Crippen LogP contribution in [0.3, 0.4) is 0 Å². The van der Waals surface area contributed by atoms with Gasteiger partial charge in [0.2, 0.25) is 0 Å². The second-order valence-electron chi connectivity index (χ2n) is 1.25. The van der Waals surface area contributed by atoms with Crippen LogP contribution in [0.25, 0.3) is 0 Å². The van der Waals surface area contributed by atoms with Gasteiger partial charge >= 0.3 is 10.2 Å². The molecule has 0 aromatic carbocycles. The van der Waals surface area contributed by atoms with E-state index in [0.29, 0.717) is 0 Å². The van der Waals surface area contributed by atoms with Crippen LogP contribution in [0.2, 0.25) is 0 Å². The zero-order valence-electron chi connectivity index (χ0n) is 4.17. The van der Waals surface area contributed by atoms with Crippen LogP contribution in [0.1, 0.15) is 0 Å². The molecule has 8 heavy (non-hydrogen) atoms. The van der Waals surface area contributed by atoms with E-state index in [0.717, 1.165) is 6.08 Å². The zero-order chi connectivity index (χ0) is 6.78. The Hall–Kier alpha value is -0.380. The maximum atomic E-state index is 11.6. The summed E-state index contributed by atoms with van der Waals surface area (Å²) < 4.78 is 31.1. The average Bonchev–Trinajstić information content (AvgIpc) is 1.62. The first-order valence-corrected chi connectivity index (χ1v) is 3.32. The molecular weight excluding hydrogens is 131 g/mol. The minimum Gasteiger partial charge on any atom is -0.194 e. The Kier molecular flexibility index (Phi) is 2.15. The molecule has 2 nitrogen and oxygen atoms in total. The molecule has 0 bridgehead atoms. The number of halogens is 1. The molecule has 1 radical (unpaired) electrons. The van der Waals surface area contributed by atoms with Crippen molar-refractivity contribution in [2.45, 2.75) is 5.25 Å². The van der Waals surface area contributed by atoms with Gasteiger partial charge in [-0.3, -0.25) is 0 Å². The lowest BCUT2D eigenvalue weighted by Crippen LogP contribution is -2.08. The lowest BCUT2D eigenvalue weighted by Gasteiger charge is -1.93. The molecule has 4 heteroatoms. The third kappa shape index (κ3) is 2.07. The van der Waals surface area contributed by atoms with E-state index in [1.807, 2.05) is 0 Å². The van der Waals surface area contributed by atoms with Gasteiger partial charge in [0.15, 0.2) is 0 Å². The van der Waals surface area contributed by atoms with Crippen LogP contribution < -0.4 is 0 Å². The first kappa shape index (κ1) is 7.62. The van der Waals surface area contributed by atoms with Crippen LogP contribution in [0, 0.1) is 6.92 Å². The van der Waals surface area contributed by atoms with Crippen molar-refractivity contribution < 1.29 is 12.3 Å². The lowest BCUT2D eigenvalue weighted by atomic mass is 10.5. The molecule has 1 atom stereocenters. The van der Waals surface area contributed by atoms with Crippen LogP contribution in [-0.4, -0.2) is 13.7 Å². The number of rotatable bonds is 2. The van der Waals surface area contributed by atoms with Gasteiger partial charge < -0.3 is 0 Å². The highest BCUT2D eigenvalue weighted by Crippen LogP contribution is 2.01. The Morgan fingerprint density at radius 1 is 1.62 bits per heavy atom. The minimum absolute atomic E-state index is 0.926. The van der Waals surface area contributed by atoms with E-state index in [9.17, 15) is 12.3 Å². The van der Waals surface area contributed by atoms with E-state index in [2.05, 4.69) is 13.5 Å². The van der Waals surface area contributed by atoms with Crippen LogP contribution in [0.5, 0.6) is 0 Å². The smallest absolute Gasteiger partial charge is 0.194 e. The topological polar surface area (TPSA) is 34.1 Å². The van der Waals surface area contributed by atoms with Crippen molar-refractivity contribution in [1.29, 1.82) is 0 Å². The molecule has 0 N–H and O–H groups in total. The van der Waals surface area contributed by atoms with E-state index >= 15 is 0 Å². The predicted molar refractivity (Wildman–Crippen MR) is 29.4 cm³/mol. The molecule has 0 saturated heterocycles. The summed E-state index contributed by atoms with van der Waals surface area (Å²) in [4.78, 5) is 0. The normalized spacial score (nSPS) is 15.2. The molecule has 0 rings (SSSR count). The summed E-state index contributed by atoms with van der Waals surface area (Å²) in [6.45, 7) is 5.99. The Labute approximate surface area is 48.2 Å². The van der Waals surface area contributed by atoms with Crippen LogP contribution in [-0.2, 0) is 10.2 Å². The summed E-state index contributed by atoms with van der Waals surface area (Å²) in [6, 6.07) is 0. The Morgan fingerprint density at radius 2 is 2.00 bits per heavy atom. The molecule has 0 aliphatic carbocycles. The van der Waals surface area contributed by atoms with Gasteiger partial charge in [-0.1, -0.05) is 6.08 Å². The predicted octanol–water partition coefficient (Wildman–Crippen LogP) is 0.674. The Morgan fingerprint density at radius 3 is 2.00 bits per heavy atom. The summed E-state index contributed by atoms with van der Waals surface area (Å²) in [5, 5.41) is -1.33. The van der Waals surface area contributed by atoms with Gasteiger partial charge in [0.25, 0.3) is 0 Å². The molecule has 0 amide bonds. The van der Waals surface area contributed by atoms with Crippen molar-refractivity contribution in [3.05, 3.63) is 19.6 Å². The summed E-state index contributed by atoms with van der Waals surface area (Å²) in [7, 11) is -4.48. The van der Waals surface area contributed by atoms with Gasteiger partial charge in [0.1, 0.15) is 5.25 Å². The van der Waals surface area contributed by atoms with Gasteiger partial charge in [0.05, 0.1) is 0 Å². The minimum atomic E-state index is -4.48. The molecule has 0 saturated carbocycles. The summed E-state index contributed by atoms with van der Waals surface area (Å²) in [6.07, 6.45) is 0.926. The largest absolute Gasteiger partial charge is 0.308 e. The SMILES string of the molecule is [CH2]C(C=C)S(=O)(=O)F. The highest BCUT2D eigenvalue weighted by atomic mass is 32.3. The maximum absolute atomic E-state index is 11.6. The summed E-state index contributed by atoms with van der Waals surface area (Å²) in [5.74, 6) is 0. The van der Waals surface area contributed by atoms with Crippen molar-refractivity contribution in [2.24, 2.45) is 0 Å². The maximum Gasteiger partial charge on any atom is 0.308 e. The average molecular weight is 137 g/mol. The number of hydrogen-bond acceptors (Lipinski definition) is 2. The van der Waals surface area contributed by atoms with E-state index in [4.69, 9.17) is 0 Å². The van der Waals surface area contributed by atoms with Gasteiger partial charge in [-0.05, 0) is 6.92 Å². The molecule has 47 valence electrons. The Bertz CT molecular complexity index is 170. The standard InChI is InChI=1S/C4H6FO2S/c1-3-4(2)8(5,6)7/h3-4H,1-2H2. The van der Waals surface area contributed by atoms with Crippen LogP contribution in [0.4, 0.5) is 3.89 Å². The molecule has 0 aliphatic rings. The van der Waals surface area contributed by atoms with Crippen molar-refractivity contribution in [3.63, 3.8) is 0 Å². The highest BCUT2D eigenvalue weighted by Gasteiger charge is 2.14. The van der Waals surface area contributed by atoms with Gasteiger partial charge in [-0.25, -0.2) is 0 Å². The zero-order valence-corrected chi connectivity index (χ0v) is 4.99. The molecule has 0 aliphatic heterocycles. The molecule has 0 aromatic heterocycles. The first-order valence-electron chi connectivity index (χ1n) is 1.87. The quantitative estimate of drug-likeness (QED) is 0.414. The molecular formula is C4H6FO2S. The van der Waals surface area contributed by atoms with E-state index < -0.39 is 15.5 Å². The van der Waals surface area contributed by atoms with Crippen LogP contribution in [0.15, 0.2) is 12.7 Å². The lowest BCUT2D eigenvalue weighted by molar-refractivity contribution is 0.549. The van der Waals surface area contributed by atoms with E-state index in [1.165, 1.54) is 0 Å². The number of hydrogen-bond donors (Lipinski definition) is 0. The fourth-order valence-corrected chi connectivity index (χ4v) is 0.345. The first-order chi connectivity index (χ1) is 3.48. The van der Waals surface area contributed by atoms with Crippen molar-refractivity contribution in [3.8, 4) is 0 Å². The Balaban J connectivity index is 4.26. The van der Waals surface area contributed by atoms with Gasteiger partial charge in [0, 0.05) is 0 Å². The van der Waals surface area contributed by atoms with Crippen LogP contribution >= 0.6 is 0 Å². The fraction of sp³-hybridized carbons (Fsp3) is 0.250.